The fourth-order valence-corrected chi connectivity index (χ4v) is 1.17. The van der Waals surface area contributed by atoms with Crippen LogP contribution < -0.4 is 5.56 Å². The lowest BCUT2D eigenvalue weighted by atomic mass is 10.0. The number of aromatic amines is 2. The third-order valence-electron chi connectivity index (χ3n) is 2.10. The molecule has 4 atom stereocenters. The number of nitrogens with one attached hydrogen (secondary N) is 2. The van der Waals surface area contributed by atoms with Crippen LogP contribution in [0, 0.1) is 4.77 Å². The van der Waals surface area contributed by atoms with Gasteiger partial charge in [0, 0.05) is 12.3 Å². The van der Waals surface area contributed by atoms with Crippen molar-refractivity contribution in [3.8, 4) is 0 Å². The van der Waals surface area contributed by atoms with E-state index in [-0.39, 0.29) is 11.8 Å². The number of aliphatic hydroxyl groups is 4. The van der Waals surface area contributed by atoms with Crippen molar-refractivity contribution < 1.29 is 35.1 Å². The average molecular weight is 322 g/mol. The summed E-state index contributed by atoms with van der Waals surface area (Å²) >= 11 is 4.59. The number of hydrogen-bond donors (Lipinski definition) is 7. The first-order valence-electron chi connectivity index (χ1n) is 5.39. The lowest BCUT2D eigenvalue weighted by Gasteiger charge is -2.21. The number of H-pyrrole nitrogens is 2. The summed E-state index contributed by atoms with van der Waals surface area (Å²) < 4.78 is 0.359. The molecule has 0 saturated heterocycles. The lowest BCUT2D eigenvalue weighted by Crippen LogP contribution is -2.48. The van der Waals surface area contributed by atoms with E-state index in [0.29, 0.717) is 4.77 Å². The Balaban J connectivity index is 0.000000423. The Labute approximate surface area is 122 Å². The molecule has 0 aliphatic rings. The number of carboxylic acid groups (broad SMARTS) is 1. The largest absolute Gasteiger partial charge is 0.479 e. The van der Waals surface area contributed by atoms with Crippen molar-refractivity contribution in [1.82, 2.24) is 9.97 Å². The third-order valence-corrected chi connectivity index (χ3v) is 2.32. The summed E-state index contributed by atoms with van der Waals surface area (Å²) in [5, 5.41) is 43.2. The minimum Gasteiger partial charge on any atom is -0.479 e. The van der Waals surface area contributed by atoms with Gasteiger partial charge >= 0.3 is 5.97 Å². The van der Waals surface area contributed by atoms with Crippen molar-refractivity contribution in [2.75, 3.05) is 0 Å². The van der Waals surface area contributed by atoms with Gasteiger partial charge in [0.05, 0.1) is 0 Å². The summed E-state index contributed by atoms with van der Waals surface area (Å²) in [4.78, 5) is 35.3. The van der Waals surface area contributed by atoms with E-state index in [1.807, 2.05) is 0 Å². The number of aromatic nitrogens is 2. The first-order valence-corrected chi connectivity index (χ1v) is 5.80. The van der Waals surface area contributed by atoms with E-state index >= 15 is 0 Å². The van der Waals surface area contributed by atoms with Gasteiger partial charge in [0.15, 0.2) is 17.2 Å². The van der Waals surface area contributed by atoms with Gasteiger partial charge in [-0.3, -0.25) is 9.78 Å². The number of hydrogen-bond acceptors (Lipinski definition) is 8. The van der Waals surface area contributed by atoms with Gasteiger partial charge in [-0.25, -0.2) is 4.79 Å². The molecule has 0 aliphatic heterocycles. The molecule has 0 spiro atoms. The van der Waals surface area contributed by atoms with Crippen molar-refractivity contribution in [3.05, 3.63) is 27.4 Å². The highest BCUT2D eigenvalue weighted by Gasteiger charge is 2.33. The second kappa shape index (κ2) is 9.10. The SMILES string of the molecule is O=C[C@H](O)[C@@H](O)[C@H](O)[C@H](O)C(=O)O.O=c1cc[nH]c(=S)[nH]1. The van der Waals surface area contributed by atoms with Gasteiger partial charge in [0.2, 0.25) is 0 Å². The Morgan fingerprint density at radius 3 is 2.14 bits per heavy atom. The molecule has 0 radical (unpaired) electrons. The molecule has 10 nitrogen and oxygen atoms in total. The first kappa shape index (κ1) is 19.1. The van der Waals surface area contributed by atoms with Gasteiger partial charge < -0.3 is 35.3 Å². The predicted molar refractivity (Wildman–Crippen MR) is 70.0 cm³/mol. The molecule has 0 aromatic carbocycles. The van der Waals surface area contributed by atoms with Crippen LogP contribution in [0.15, 0.2) is 17.1 Å². The summed E-state index contributed by atoms with van der Waals surface area (Å²) in [5.41, 5.74) is -0.172. The Kier molecular flexibility index (Phi) is 8.26. The minimum atomic E-state index is -2.25. The van der Waals surface area contributed by atoms with Crippen LogP contribution in [0.25, 0.3) is 0 Å². The van der Waals surface area contributed by atoms with Gasteiger partial charge in [-0.05, 0) is 12.2 Å². The average Bonchev–Trinajstić information content (AvgIpc) is 2.44. The van der Waals surface area contributed by atoms with Crippen LogP contribution in [-0.4, -0.2) is 72.2 Å². The fraction of sp³-hybridized carbons (Fsp3) is 0.400. The molecule has 0 fully saturated rings. The molecular weight excluding hydrogens is 308 g/mol. The molecule has 1 aromatic heterocycles. The van der Waals surface area contributed by atoms with Crippen LogP contribution in [0.2, 0.25) is 0 Å². The molecule has 0 amide bonds. The van der Waals surface area contributed by atoms with Crippen LogP contribution >= 0.6 is 12.2 Å². The van der Waals surface area contributed by atoms with Crippen molar-refractivity contribution in [1.29, 1.82) is 0 Å². The molecule has 1 aromatic rings. The number of rotatable bonds is 5. The molecule has 21 heavy (non-hydrogen) atoms. The van der Waals surface area contributed by atoms with Crippen LogP contribution in [0.3, 0.4) is 0 Å². The van der Waals surface area contributed by atoms with E-state index in [0.717, 1.165) is 0 Å². The number of aldehydes is 1. The Bertz CT molecular complexity index is 545. The highest BCUT2D eigenvalue weighted by atomic mass is 32.1. The van der Waals surface area contributed by atoms with Crippen LogP contribution in [0.5, 0.6) is 0 Å². The zero-order valence-electron chi connectivity index (χ0n) is 10.4. The summed E-state index contributed by atoms with van der Waals surface area (Å²) in [6, 6.07) is 1.37. The molecule has 11 heteroatoms. The molecule has 1 heterocycles. The smallest absolute Gasteiger partial charge is 0.335 e. The van der Waals surface area contributed by atoms with Gasteiger partial charge in [0.25, 0.3) is 5.56 Å². The monoisotopic (exact) mass is 322 g/mol. The number of carbonyl (C=O) groups is 2. The fourth-order valence-electron chi connectivity index (χ4n) is 0.998. The van der Waals surface area contributed by atoms with E-state index in [4.69, 9.17) is 25.5 Å². The van der Waals surface area contributed by atoms with Gasteiger partial charge in [-0.2, -0.15) is 0 Å². The maximum Gasteiger partial charge on any atom is 0.335 e. The Morgan fingerprint density at radius 1 is 1.24 bits per heavy atom. The van der Waals surface area contributed by atoms with Gasteiger partial charge in [0.1, 0.15) is 18.3 Å². The summed E-state index contributed by atoms with van der Waals surface area (Å²) in [6.45, 7) is 0. The van der Waals surface area contributed by atoms with Crippen molar-refractivity contribution in [2.45, 2.75) is 24.4 Å². The second-order valence-corrected chi connectivity index (χ2v) is 4.10. The number of carbonyl (C=O) groups excluding carboxylic acids is 1. The summed E-state index contributed by atoms with van der Waals surface area (Å²) in [5.74, 6) is -1.76. The quantitative estimate of drug-likeness (QED) is 0.221. The number of carboxylic acids is 1. The van der Waals surface area contributed by atoms with Crippen LogP contribution in [0.1, 0.15) is 0 Å². The van der Waals surface area contributed by atoms with E-state index in [1.165, 1.54) is 12.3 Å². The molecule has 0 aliphatic carbocycles. The van der Waals surface area contributed by atoms with E-state index in [9.17, 15) is 14.4 Å². The number of aliphatic carboxylic acids is 1. The van der Waals surface area contributed by atoms with Gasteiger partial charge in [-0.1, -0.05) is 0 Å². The predicted octanol–water partition coefficient (Wildman–Crippen LogP) is -2.85. The van der Waals surface area contributed by atoms with Crippen molar-refractivity contribution in [2.24, 2.45) is 0 Å². The maximum absolute atomic E-state index is 10.3. The standard InChI is InChI=1S/C6H10O7.C4H4N2OS/c7-1-2(8)3(9)4(10)5(11)6(12)13;7-3-1-2-5-4(8)6-3/h1-5,8-11H,(H,12,13);1-2H,(H2,5,6,7,8)/t2-,3+,4-,5-;/m0./s1. The maximum atomic E-state index is 10.3. The van der Waals surface area contributed by atoms with E-state index < -0.39 is 30.4 Å². The first-order chi connectivity index (χ1) is 9.70. The molecular formula is C10H14N2O8S. The van der Waals surface area contributed by atoms with Crippen LogP contribution in [-0.2, 0) is 9.59 Å². The van der Waals surface area contributed by atoms with Crippen molar-refractivity contribution in [3.63, 3.8) is 0 Å². The topological polar surface area (TPSA) is 184 Å². The van der Waals surface area contributed by atoms with E-state index in [2.05, 4.69) is 22.2 Å². The highest BCUT2D eigenvalue weighted by molar-refractivity contribution is 7.71. The highest BCUT2D eigenvalue weighted by Crippen LogP contribution is 2.03. The van der Waals surface area contributed by atoms with E-state index in [1.54, 1.807) is 0 Å². The lowest BCUT2D eigenvalue weighted by molar-refractivity contribution is -0.163. The molecule has 7 N–H and O–H groups in total. The molecule has 0 unspecified atom stereocenters. The normalized spacial score (nSPS) is 15.8. The molecule has 118 valence electrons. The molecule has 0 bridgehead atoms. The third kappa shape index (κ3) is 6.87. The Hall–Kier alpha value is -1.92. The summed E-state index contributed by atoms with van der Waals surface area (Å²) in [7, 11) is 0. The van der Waals surface area contributed by atoms with Gasteiger partial charge in [-0.15, -0.1) is 0 Å². The van der Waals surface area contributed by atoms with Crippen LogP contribution in [0.4, 0.5) is 0 Å². The Morgan fingerprint density at radius 2 is 1.81 bits per heavy atom. The zero-order valence-corrected chi connectivity index (χ0v) is 11.2. The zero-order chi connectivity index (χ0) is 16.6. The molecule has 0 saturated carbocycles. The van der Waals surface area contributed by atoms with Crippen molar-refractivity contribution >= 4 is 24.5 Å². The minimum absolute atomic E-state index is 0.0809. The second-order valence-electron chi connectivity index (χ2n) is 3.69. The summed E-state index contributed by atoms with van der Waals surface area (Å²) in [6.07, 6.45) is -6.89. The molecule has 1 rings (SSSR count). The number of aliphatic hydroxyl groups excluding tert-OH is 4.